The molecule has 0 bridgehead atoms. The minimum Gasteiger partial charge on any atom is -0.494 e. The fourth-order valence-electron chi connectivity index (χ4n) is 5.49. The van der Waals surface area contributed by atoms with Crippen molar-refractivity contribution in [3.63, 3.8) is 0 Å². The van der Waals surface area contributed by atoms with Gasteiger partial charge in [-0.3, -0.25) is 19.3 Å². The number of benzene rings is 3. The second-order valence-electron chi connectivity index (χ2n) is 11.1. The minimum absolute atomic E-state index is 0.0197. The molecule has 0 spiro atoms. The van der Waals surface area contributed by atoms with Gasteiger partial charge in [0.2, 0.25) is 0 Å². The average molecular weight is 590 g/mol. The number of aromatic hydroxyl groups is 1. The fraction of sp³-hybridized carbons (Fsp3) is 0.235. The number of amides is 1. The number of fused-ring (bicyclic) bond motifs is 1. The van der Waals surface area contributed by atoms with Gasteiger partial charge < -0.3 is 25.2 Å². The molecule has 0 atom stereocenters. The van der Waals surface area contributed by atoms with Crippen LogP contribution < -0.4 is 10.2 Å². The summed E-state index contributed by atoms with van der Waals surface area (Å²) < 4.78 is 1.64. The molecule has 1 amide bonds. The average Bonchev–Trinajstić information content (AvgIpc) is 3.58. The van der Waals surface area contributed by atoms with Crippen LogP contribution in [0, 0.1) is 6.92 Å². The number of aliphatic imine (C=N–C) groups is 1. The third kappa shape index (κ3) is 5.97. The lowest BCUT2D eigenvalue weighted by Gasteiger charge is -2.34. The van der Waals surface area contributed by atoms with Gasteiger partial charge >= 0.3 is 0 Å². The fourth-order valence-corrected chi connectivity index (χ4v) is 5.49. The molecule has 0 aliphatic carbocycles. The van der Waals surface area contributed by atoms with E-state index in [1.807, 2.05) is 26.0 Å². The van der Waals surface area contributed by atoms with E-state index in [0.717, 1.165) is 37.6 Å². The number of ketones is 1. The van der Waals surface area contributed by atoms with Gasteiger partial charge in [-0.05, 0) is 81.6 Å². The van der Waals surface area contributed by atoms with Crippen molar-refractivity contribution in [3.05, 3.63) is 101 Å². The monoisotopic (exact) mass is 589 g/mol. The zero-order chi connectivity index (χ0) is 30.8. The Morgan fingerprint density at radius 2 is 1.75 bits per heavy atom. The van der Waals surface area contributed by atoms with E-state index in [-0.39, 0.29) is 17.6 Å². The lowest BCUT2D eigenvalue weighted by atomic mass is 10.0. The van der Waals surface area contributed by atoms with Gasteiger partial charge in [0.05, 0.1) is 16.9 Å². The molecule has 5 aromatic rings. The van der Waals surface area contributed by atoms with Crippen molar-refractivity contribution in [2.75, 3.05) is 43.4 Å². The van der Waals surface area contributed by atoms with Gasteiger partial charge in [0.15, 0.2) is 11.7 Å². The molecule has 0 radical (unpaired) electrons. The predicted octanol–water partition coefficient (Wildman–Crippen LogP) is 5.38. The molecule has 1 fully saturated rings. The molecule has 3 aromatic carbocycles. The van der Waals surface area contributed by atoms with E-state index < -0.39 is 0 Å². The normalized spacial score (nSPS) is 14.0. The lowest BCUT2D eigenvalue weighted by molar-refractivity contribution is 0.101. The van der Waals surface area contributed by atoms with E-state index in [4.69, 9.17) is 0 Å². The maximum Gasteiger partial charge on any atom is 0.273 e. The number of hydrogen-bond donors (Lipinski definition) is 3. The highest BCUT2D eigenvalue weighted by Crippen LogP contribution is 2.29. The first kappa shape index (κ1) is 28.9. The number of nitrogens with zero attached hydrogens (tertiary/aromatic N) is 5. The number of likely N-dealkylation sites (N-methyl/N-ethyl adjacent to an activating group) is 1. The Bertz CT molecular complexity index is 1860. The summed E-state index contributed by atoms with van der Waals surface area (Å²) in [5.74, 6) is -0.520. The van der Waals surface area contributed by atoms with Crippen molar-refractivity contribution in [2.45, 2.75) is 20.4 Å². The Morgan fingerprint density at radius 3 is 2.50 bits per heavy atom. The van der Waals surface area contributed by atoms with Crippen molar-refractivity contribution in [2.24, 2.45) is 4.99 Å². The molecular weight excluding hydrogens is 554 g/mol. The number of anilines is 2. The number of aryl methyl sites for hydroxylation is 2. The first-order valence-corrected chi connectivity index (χ1v) is 14.7. The lowest BCUT2D eigenvalue weighted by Crippen LogP contribution is -2.44. The molecule has 44 heavy (non-hydrogen) atoms. The van der Waals surface area contributed by atoms with Gasteiger partial charge in [0.25, 0.3) is 5.91 Å². The molecule has 2 aromatic heterocycles. The molecule has 10 heteroatoms. The molecule has 6 rings (SSSR count). The van der Waals surface area contributed by atoms with E-state index in [1.54, 1.807) is 59.4 Å². The largest absolute Gasteiger partial charge is 0.494 e. The number of nitrogens with one attached hydrogen (secondary N) is 2. The van der Waals surface area contributed by atoms with E-state index in [1.165, 1.54) is 5.69 Å². The van der Waals surface area contributed by atoms with Crippen LogP contribution in [-0.2, 0) is 6.54 Å². The number of aromatic nitrogens is 3. The Labute approximate surface area is 255 Å². The molecule has 0 saturated carbocycles. The van der Waals surface area contributed by atoms with E-state index >= 15 is 0 Å². The molecular formula is C34H35N7O3. The first-order valence-electron chi connectivity index (χ1n) is 14.7. The Hall–Kier alpha value is -5.22. The highest BCUT2D eigenvalue weighted by molar-refractivity contribution is 6.13. The zero-order valence-corrected chi connectivity index (χ0v) is 25.0. The van der Waals surface area contributed by atoms with E-state index in [0.29, 0.717) is 45.5 Å². The van der Waals surface area contributed by atoms with Crippen LogP contribution in [-0.4, -0.2) is 75.9 Å². The van der Waals surface area contributed by atoms with Gasteiger partial charge in [-0.25, -0.2) is 0 Å². The molecule has 224 valence electrons. The van der Waals surface area contributed by atoms with E-state index in [9.17, 15) is 14.7 Å². The van der Waals surface area contributed by atoms with Gasteiger partial charge in [0, 0.05) is 72.3 Å². The Kier molecular flexibility index (Phi) is 7.99. The molecule has 0 unspecified atom stereocenters. The summed E-state index contributed by atoms with van der Waals surface area (Å²) in [4.78, 5) is 38.7. The smallest absolute Gasteiger partial charge is 0.273 e. The quantitative estimate of drug-likeness (QED) is 0.165. The van der Waals surface area contributed by atoms with Crippen molar-refractivity contribution in [1.82, 2.24) is 19.7 Å². The van der Waals surface area contributed by atoms with Crippen molar-refractivity contribution in [1.29, 1.82) is 0 Å². The number of carbonyl (C=O) groups excluding carboxylic acids is 2. The maximum absolute atomic E-state index is 13.5. The number of aromatic amines is 1. The molecule has 10 nitrogen and oxygen atoms in total. The minimum atomic E-state index is -0.292. The predicted molar refractivity (Wildman–Crippen MR) is 174 cm³/mol. The standard InChI is InChI=1S/C34H35N7O3/c1-4-41-31(18-22(2)38-41)34(44)36-26-7-5-6-23(19-26)32(42)24-8-13-30-28(20-24)29(33(43)37-30)21-35-25-9-11-27(12-10-25)40-16-14-39(3)15-17-40/h5-13,18-21,37,43H,4,14-17H2,1-3H3,(H,36,44). The summed E-state index contributed by atoms with van der Waals surface area (Å²) in [6, 6.07) is 21.9. The van der Waals surface area contributed by atoms with Gasteiger partial charge in [-0.2, -0.15) is 5.10 Å². The summed E-state index contributed by atoms with van der Waals surface area (Å²) in [5.41, 5.74) is 5.73. The van der Waals surface area contributed by atoms with Crippen LogP contribution in [0.4, 0.5) is 17.1 Å². The van der Waals surface area contributed by atoms with E-state index in [2.05, 4.69) is 49.4 Å². The number of H-pyrrole nitrogens is 1. The Morgan fingerprint density at radius 1 is 1.00 bits per heavy atom. The molecule has 1 saturated heterocycles. The van der Waals surface area contributed by atoms with Crippen LogP contribution in [0.15, 0.2) is 77.8 Å². The first-order chi connectivity index (χ1) is 21.3. The van der Waals surface area contributed by atoms with Crippen LogP contribution in [0.2, 0.25) is 0 Å². The summed E-state index contributed by atoms with van der Waals surface area (Å²) in [6.07, 6.45) is 1.62. The molecule has 1 aliphatic heterocycles. The van der Waals surface area contributed by atoms with Gasteiger partial charge in [0.1, 0.15) is 5.69 Å². The van der Waals surface area contributed by atoms with Crippen LogP contribution in [0.3, 0.4) is 0 Å². The molecule has 1 aliphatic rings. The number of piperazine rings is 1. The maximum atomic E-state index is 13.5. The van der Waals surface area contributed by atoms with Crippen molar-refractivity contribution in [3.8, 4) is 5.88 Å². The molecule has 3 N–H and O–H groups in total. The summed E-state index contributed by atoms with van der Waals surface area (Å²) >= 11 is 0. The zero-order valence-electron chi connectivity index (χ0n) is 25.0. The van der Waals surface area contributed by atoms with Gasteiger partial charge in [-0.15, -0.1) is 0 Å². The topological polar surface area (TPSA) is 119 Å². The number of hydrogen-bond acceptors (Lipinski definition) is 7. The summed E-state index contributed by atoms with van der Waals surface area (Å²) in [7, 11) is 2.14. The highest BCUT2D eigenvalue weighted by atomic mass is 16.3. The second kappa shape index (κ2) is 12.2. The highest BCUT2D eigenvalue weighted by Gasteiger charge is 2.17. The summed E-state index contributed by atoms with van der Waals surface area (Å²) in [6.45, 7) is 8.40. The van der Waals surface area contributed by atoms with Crippen LogP contribution in [0.1, 0.15) is 44.6 Å². The second-order valence-corrected chi connectivity index (χ2v) is 11.1. The third-order valence-corrected chi connectivity index (χ3v) is 7.96. The van der Waals surface area contributed by atoms with Crippen molar-refractivity contribution < 1.29 is 14.7 Å². The third-order valence-electron chi connectivity index (χ3n) is 7.96. The number of carbonyl (C=O) groups is 2. The van der Waals surface area contributed by atoms with Crippen LogP contribution in [0.5, 0.6) is 5.88 Å². The summed E-state index contributed by atoms with van der Waals surface area (Å²) in [5, 5.41) is 18.6. The van der Waals surface area contributed by atoms with Crippen molar-refractivity contribution >= 4 is 45.9 Å². The molecule has 3 heterocycles. The van der Waals surface area contributed by atoms with Crippen LogP contribution >= 0.6 is 0 Å². The van der Waals surface area contributed by atoms with Gasteiger partial charge in [-0.1, -0.05) is 12.1 Å². The van der Waals surface area contributed by atoms with Crippen LogP contribution in [0.25, 0.3) is 10.9 Å². The number of rotatable bonds is 8. The Balaban J connectivity index is 1.20. The SMILES string of the molecule is CCn1nc(C)cc1C(=O)Nc1cccc(C(=O)c2ccc3[nH]c(O)c(C=Nc4ccc(N5CCN(C)CC5)cc4)c3c2)c1.